The molecule has 1 saturated carbocycles. The van der Waals surface area contributed by atoms with Crippen molar-refractivity contribution >= 4 is 44.8 Å². The number of aromatic nitrogens is 6. The van der Waals surface area contributed by atoms with Crippen molar-refractivity contribution in [1.29, 1.82) is 0 Å². The van der Waals surface area contributed by atoms with Crippen molar-refractivity contribution in [2.45, 2.75) is 63.2 Å². The van der Waals surface area contributed by atoms with Crippen LogP contribution in [0.25, 0.3) is 0 Å². The van der Waals surface area contributed by atoms with Crippen LogP contribution in [0.15, 0.2) is 48.8 Å². The van der Waals surface area contributed by atoms with Crippen LogP contribution in [-0.2, 0) is 22.4 Å². The molecular formula is C26H28N8O2S2. The summed E-state index contributed by atoms with van der Waals surface area (Å²) in [5.41, 5.74) is 1.77. The number of amides is 2. The minimum atomic E-state index is -0.0941. The Morgan fingerprint density at radius 3 is 1.68 bits per heavy atom. The average Bonchev–Trinajstić information content (AvgIpc) is 3.62. The lowest BCUT2D eigenvalue weighted by Crippen LogP contribution is -2.13. The van der Waals surface area contributed by atoms with Gasteiger partial charge in [0.05, 0.1) is 0 Å². The molecule has 5 rings (SSSR count). The lowest BCUT2D eigenvalue weighted by molar-refractivity contribution is -0.117. The van der Waals surface area contributed by atoms with Crippen LogP contribution < -0.4 is 10.6 Å². The van der Waals surface area contributed by atoms with Crippen molar-refractivity contribution < 1.29 is 9.59 Å². The number of rotatable bonds is 10. The SMILES string of the molecule is O=C(CCc1ccccn1)Nc1nnc(C2CCCC(c3nnc(NC(=O)CCc4ccccn4)s3)C2)s1. The van der Waals surface area contributed by atoms with Gasteiger partial charge in [-0.3, -0.25) is 19.6 Å². The summed E-state index contributed by atoms with van der Waals surface area (Å²) in [5.74, 6) is 0.322. The van der Waals surface area contributed by atoms with Gasteiger partial charge in [0.1, 0.15) is 10.0 Å². The third-order valence-corrected chi connectivity index (χ3v) is 8.42. The first kappa shape index (κ1) is 26.0. The van der Waals surface area contributed by atoms with Crippen LogP contribution >= 0.6 is 22.7 Å². The Morgan fingerprint density at radius 2 is 1.24 bits per heavy atom. The van der Waals surface area contributed by atoms with Crippen molar-refractivity contribution in [2.75, 3.05) is 10.6 Å². The molecular weight excluding hydrogens is 520 g/mol. The van der Waals surface area contributed by atoms with E-state index in [9.17, 15) is 9.59 Å². The van der Waals surface area contributed by atoms with Crippen molar-refractivity contribution in [3.05, 3.63) is 70.2 Å². The number of anilines is 2. The summed E-state index contributed by atoms with van der Waals surface area (Å²) in [6.45, 7) is 0. The molecule has 0 spiro atoms. The maximum absolute atomic E-state index is 12.4. The van der Waals surface area contributed by atoms with Crippen LogP contribution in [0.5, 0.6) is 0 Å². The molecule has 0 radical (unpaired) electrons. The summed E-state index contributed by atoms with van der Waals surface area (Å²) in [4.78, 5) is 33.2. The monoisotopic (exact) mass is 548 g/mol. The third-order valence-electron chi connectivity index (χ3n) is 6.42. The number of nitrogens with zero attached hydrogens (tertiary/aromatic N) is 6. The Morgan fingerprint density at radius 1 is 0.737 bits per heavy atom. The molecule has 196 valence electrons. The van der Waals surface area contributed by atoms with Gasteiger partial charge in [-0.25, -0.2) is 0 Å². The lowest BCUT2D eigenvalue weighted by Gasteiger charge is -2.25. The molecule has 0 bridgehead atoms. The predicted octanol–water partition coefficient (Wildman–Crippen LogP) is 4.76. The third kappa shape index (κ3) is 7.23. The smallest absolute Gasteiger partial charge is 0.226 e. The molecule has 2 amide bonds. The molecule has 38 heavy (non-hydrogen) atoms. The molecule has 2 unspecified atom stereocenters. The molecule has 10 nitrogen and oxygen atoms in total. The second kappa shape index (κ2) is 12.7. The van der Waals surface area contributed by atoms with Crippen LogP contribution in [0.1, 0.15) is 71.8 Å². The Bertz CT molecular complexity index is 1240. The van der Waals surface area contributed by atoms with Crippen molar-refractivity contribution in [3.63, 3.8) is 0 Å². The van der Waals surface area contributed by atoms with E-state index in [1.54, 1.807) is 12.4 Å². The highest BCUT2D eigenvalue weighted by atomic mass is 32.1. The standard InChI is InChI=1S/C26H28N8O2S2/c35-21(12-10-19-8-1-3-14-27-19)29-25-33-31-23(37-25)17-6-5-7-18(16-17)24-32-34-26(38-24)30-22(36)13-11-20-9-2-4-15-28-20/h1-4,8-9,14-15,17-18H,5-7,10-13,16H2,(H,29,33,35)(H,30,34,36). The summed E-state index contributed by atoms with van der Waals surface area (Å²) in [5, 5.41) is 25.8. The molecule has 4 aromatic heterocycles. The first-order valence-electron chi connectivity index (χ1n) is 12.7. The fourth-order valence-corrected chi connectivity index (χ4v) is 6.29. The maximum atomic E-state index is 12.4. The van der Waals surface area contributed by atoms with Gasteiger partial charge in [-0.1, -0.05) is 41.2 Å². The van der Waals surface area contributed by atoms with Gasteiger partial charge in [0.2, 0.25) is 22.1 Å². The van der Waals surface area contributed by atoms with Gasteiger partial charge in [0.25, 0.3) is 0 Å². The van der Waals surface area contributed by atoms with Gasteiger partial charge in [-0.15, -0.1) is 20.4 Å². The zero-order chi connectivity index (χ0) is 26.2. The largest absolute Gasteiger partial charge is 0.301 e. The summed E-state index contributed by atoms with van der Waals surface area (Å²) in [6.07, 6.45) is 9.29. The number of hydrogen-bond acceptors (Lipinski definition) is 10. The summed E-state index contributed by atoms with van der Waals surface area (Å²) < 4.78 is 0. The van der Waals surface area contributed by atoms with Gasteiger partial charge < -0.3 is 10.6 Å². The highest BCUT2D eigenvalue weighted by Crippen LogP contribution is 2.43. The molecule has 4 aromatic rings. The molecule has 0 aromatic carbocycles. The minimum Gasteiger partial charge on any atom is -0.301 e. The van der Waals surface area contributed by atoms with Crippen molar-refractivity contribution in [1.82, 2.24) is 30.4 Å². The Labute approximate surface area is 228 Å². The second-order valence-corrected chi connectivity index (χ2v) is 11.2. The minimum absolute atomic E-state index is 0.0941. The average molecular weight is 549 g/mol. The fraction of sp³-hybridized carbons (Fsp3) is 0.385. The van der Waals surface area contributed by atoms with E-state index < -0.39 is 0 Å². The molecule has 2 N–H and O–H groups in total. The number of nitrogens with one attached hydrogen (secondary N) is 2. The number of hydrogen-bond donors (Lipinski definition) is 2. The molecule has 1 aliphatic rings. The topological polar surface area (TPSA) is 136 Å². The van der Waals surface area contributed by atoms with Crippen molar-refractivity contribution in [3.8, 4) is 0 Å². The lowest BCUT2D eigenvalue weighted by atomic mass is 9.82. The second-order valence-electron chi connectivity index (χ2n) is 9.19. The van der Waals surface area contributed by atoms with Crippen LogP contribution in [0.4, 0.5) is 10.3 Å². The maximum Gasteiger partial charge on any atom is 0.226 e. The first-order chi connectivity index (χ1) is 18.6. The molecule has 0 aliphatic heterocycles. The summed E-state index contributed by atoms with van der Waals surface area (Å²) in [6, 6.07) is 11.4. The van der Waals surface area contributed by atoms with E-state index in [4.69, 9.17) is 0 Å². The van der Waals surface area contributed by atoms with Crippen LogP contribution in [0.2, 0.25) is 0 Å². The van der Waals surface area contributed by atoms with Gasteiger partial charge in [-0.2, -0.15) is 0 Å². The number of carbonyl (C=O) groups is 2. The Hall–Kier alpha value is -3.64. The summed E-state index contributed by atoms with van der Waals surface area (Å²) >= 11 is 2.88. The predicted molar refractivity (Wildman–Crippen MR) is 146 cm³/mol. The molecule has 12 heteroatoms. The van der Waals surface area contributed by atoms with Gasteiger partial charge in [0.15, 0.2) is 0 Å². The fourth-order valence-electron chi connectivity index (χ4n) is 4.48. The van der Waals surface area contributed by atoms with E-state index in [0.717, 1.165) is 47.1 Å². The van der Waals surface area contributed by atoms with E-state index in [1.807, 2.05) is 36.4 Å². The van der Waals surface area contributed by atoms with Crippen LogP contribution in [-0.4, -0.2) is 42.2 Å². The van der Waals surface area contributed by atoms with Gasteiger partial charge in [-0.05, 0) is 56.4 Å². The Kier molecular flexibility index (Phi) is 8.71. The van der Waals surface area contributed by atoms with E-state index in [2.05, 4.69) is 41.0 Å². The number of aryl methyl sites for hydroxylation is 2. The van der Waals surface area contributed by atoms with Crippen LogP contribution in [0.3, 0.4) is 0 Å². The van der Waals surface area contributed by atoms with E-state index in [-0.39, 0.29) is 23.7 Å². The van der Waals surface area contributed by atoms with E-state index >= 15 is 0 Å². The first-order valence-corrected chi connectivity index (χ1v) is 14.3. The molecule has 4 heterocycles. The zero-order valence-electron chi connectivity index (χ0n) is 20.7. The molecule has 0 saturated heterocycles. The van der Waals surface area contributed by atoms with Crippen molar-refractivity contribution in [2.24, 2.45) is 0 Å². The van der Waals surface area contributed by atoms with Gasteiger partial charge in [0, 0.05) is 48.5 Å². The zero-order valence-corrected chi connectivity index (χ0v) is 22.4. The van der Waals surface area contributed by atoms with Gasteiger partial charge >= 0.3 is 0 Å². The quantitative estimate of drug-likeness (QED) is 0.289. The normalized spacial score (nSPS) is 17.2. The number of pyridine rings is 2. The molecule has 1 aliphatic carbocycles. The van der Waals surface area contributed by atoms with E-state index in [0.29, 0.717) is 35.9 Å². The summed E-state index contributed by atoms with van der Waals surface area (Å²) in [7, 11) is 0. The van der Waals surface area contributed by atoms with E-state index in [1.165, 1.54) is 22.7 Å². The highest BCUT2D eigenvalue weighted by molar-refractivity contribution is 7.15. The highest BCUT2D eigenvalue weighted by Gasteiger charge is 2.29. The molecule has 2 atom stereocenters. The Balaban J connectivity index is 1.11. The molecule has 1 fully saturated rings. The number of carbonyl (C=O) groups excluding carboxylic acids is 2. The van der Waals surface area contributed by atoms with Crippen LogP contribution in [0, 0.1) is 0 Å².